The second-order valence-electron chi connectivity index (χ2n) is 6.32. The molecule has 1 N–H and O–H groups in total. The summed E-state index contributed by atoms with van der Waals surface area (Å²) in [7, 11) is -0.906. The van der Waals surface area contributed by atoms with Crippen LogP contribution in [0.15, 0.2) is 57.9 Å². The Morgan fingerprint density at radius 1 is 1.10 bits per heavy atom. The number of amides is 1. The molecule has 0 radical (unpaired) electrons. The van der Waals surface area contributed by atoms with E-state index in [4.69, 9.17) is 9.26 Å². The van der Waals surface area contributed by atoms with Crippen LogP contribution in [-0.2, 0) is 10.0 Å². The number of hydrogen-bond acceptors (Lipinski definition) is 6. The molecule has 0 bridgehead atoms. The number of aromatic nitrogens is 1. The molecule has 0 aliphatic carbocycles. The zero-order chi connectivity index (χ0) is 21.2. The Bertz CT molecular complexity index is 1120. The topological polar surface area (TPSA) is 102 Å². The van der Waals surface area contributed by atoms with Crippen LogP contribution >= 0.6 is 0 Å². The largest absolute Gasteiger partial charge is 0.495 e. The lowest BCUT2D eigenvalue weighted by Crippen LogP contribution is -2.27. The van der Waals surface area contributed by atoms with E-state index in [0.717, 1.165) is 4.31 Å². The molecule has 0 saturated heterocycles. The SMILES string of the molecule is COc1ccccc1N(C)S(=O)(=O)c1ccc(C(=O)Nc2c(C)noc2C)cc1. The minimum absolute atomic E-state index is 0.0554. The van der Waals surface area contributed by atoms with E-state index in [9.17, 15) is 13.2 Å². The van der Waals surface area contributed by atoms with Gasteiger partial charge in [-0.15, -0.1) is 0 Å². The number of sulfonamides is 1. The Kier molecular flexibility index (Phi) is 5.60. The Labute approximate surface area is 169 Å². The minimum atomic E-state index is -3.83. The van der Waals surface area contributed by atoms with Crippen molar-refractivity contribution in [1.29, 1.82) is 0 Å². The van der Waals surface area contributed by atoms with Gasteiger partial charge in [0.1, 0.15) is 17.1 Å². The van der Waals surface area contributed by atoms with Crippen LogP contribution in [0.2, 0.25) is 0 Å². The van der Waals surface area contributed by atoms with E-state index in [1.165, 1.54) is 38.4 Å². The molecule has 0 unspecified atom stereocenters. The first-order valence-electron chi connectivity index (χ1n) is 8.72. The molecule has 1 aromatic heterocycles. The lowest BCUT2D eigenvalue weighted by molar-refractivity contribution is 0.102. The molecule has 0 spiro atoms. The van der Waals surface area contributed by atoms with Crippen LogP contribution in [0.3, 0.4) is 0 Å². The fourth-order valence-electron chi connectivity index (χ4n) is 2.80. The molecule has 0 aliphatic rings. The molecule has 8 nitrogen and oxygen atoms in total. The van der Waals surface area contributed by atoms with E-state index in [-0.39, 0.29) is 10.8 Å². The normalized spacial score (nSPS) is 11.2. The molecule has 2 aromatic carbocycles. The third-order valence-electron chi connectivity index (χ3n) is 4.47. The van der Waals surface area contributed by atoms with E-state index < -0.39 is 10.0 Å². The van der Waals surface area contributed by atoms with Crippen LogP contribution in [0.25, 0.3) is 0 Å². The first-order chi connectivity index (χ1) is 13.8. The maximum Gasteiger partial charge on any atom is 0.264 e. The van der Waals surface area contributed by atoms with Crippen LogP contribution < -0.4 is 14.4 Å². The van der Waals surface area contributed by atoms with Crippen molar-refractivity contribution in [2.24, 2.45) is 0 Å². The molecule has 29 heavy (non-hydrogen) atoms. The van der Waals surface area contributed by atoms with Gasteiger partial charge in [0.2, 0.25) is 0 Å². The summed E-state index contributed by atoms with van der Waals surface area (Å²) in [5.41, 5.74) is 1.79. The number of nitrogens with zero attached hydrogens (tertiary/aromatic N) is 2. The summed E-state index contributed by atoms with van der Waals surface area (Å²) < 4.78 is 37.4. The fraction of sp³-hybridized carbons (Fsp3) is 0.200. The average Bonchev–Trinajstić information content (AvgIpc) is 3.05. The number of rotatable bonds is 6. The Morgan fingerprint density at radius 3 is 2.34 bits per heavy atom. The molecule has 0 atom stereocenters. The lowest BCUT2D eigenvalue weighted by Gasteiger charge is -2.21. The highest BCUT2D eigenvalue weighted by molar-refractivity contribution is 7.92. The maximum atomic E-state index is 13.0. The zero-order valence-corrected chi connectivity index (χ0v) is 17.3. The van der Waals surface area contributed by atoms with Gasteiger partial charge in [-0.1, -0.05) is 17.3 Å². The van der Waals surface area contributed by atoms with E-state index >= 15 is 0 Å². The van der Waals surface area contributed by atoms with Crippen LogP contribution in [0.5, 0.6) is 5.75 Å². The first kappa shape index (κ1) is 20.4. The van der Waals surface area contributed by atoms with Crippen LogP contribution in [0.4, 0.5) is 11.4 Å². The zero-order valence-electron chi connectivity index (χ0n) is 16.5. The van der Waals surface area contributed by atoms with Crippen molar-refractivity contribution < 1.29 is 22.5 Å². The summed E-state index contributed by atoms with van der Waals surface area (Å²) >= 11 is 0. The van der Waals surface area contributed by atoms with Crippen molar-refractivity contribution in [3.8, 4) is 5.75 Å². The summed E-state index contributed by atoms with van der Waals surface area (Å²) in [6.45, 7) is 3.41. The highest BCUT2D eigenvalue weighted by Gasteiger charge is 2.24. The first-order valence-corrected chi connectivity index (χ1v) is 10.2. The van der Waals surface area contributed by atoms with Crippen LogP contribution in [0.1, 0.15) is 21.8 Å². The highest BCUT2D eigenvalue weighted by atomic mass is 32.2. The number of anilines is 2. The number of carbonyl (C=O) groups excluding carboxylic acids is 1. The summed E-state index contributed by atoms with van der Waals surface area (Å²) in [6.07, 6.45) is 0. The number of methoxy groups -OCH3 is 1. The predicted molar refractivity (Wildman–Crippen MR) is 109 cm³/mol. The third-order valence-corrected chi connectivity index (χ3v) is 6.26. The molecule has 1 amide bonds. The molecule has 9 heteroatoms. The van der Waals surface area contributed by atoms with Crippen molar-refractivity contribution >= 4 is 27.3 Å². The lowest BCUT2D eigenvalue weighted by atomic mass is 10.2. The van der Waals surface area contributed by atoms with Crippen molar-refractivity contribution in [1.82, 2.24) is 5.16 Å². The third kappa shape index (κ3) is 3.95. The number of ether oxygens (including phenoxy) is 1. The molecular weight excluding hydrogens is 394 g/mol. The smallest absolute Gasteiger partial charge is 0.264 e. The molecule has 0 saturated carbocycles. The molecular formula is C20H21N3O5S. The van der Waals surface area contributed by atoms with Crippen molar-refractivity contribution in [2.75, 3.05) is 23.8 Å². The number of hydrogen-bond donors (Lipinski definition) is 1. The predicted octanol–water partition coefficient (Wildman–Crippen LogP) is 3.38. The molecule has 152 valence electrons. The molecule has 0 aliphatic heterocycles. The van der Waals surface area contributed by atoms with Gasteiger partial charge in [-0.25, -0.2) is 8.42 Å². The number of carbonyl (C=O) groups is 1. The molecule has 3 aromatic rings. The van der Waals surface area contributed by atoms with Gasteiger partial charge in [-0.3, -0.25) is 9.10 Å². The standard InChI is InChI=1S/C20H21N3O5S/c1-13-19(14(2)28-22-13)21-20(24)15-9-11-16(12-10-15)29(25,26)23(3)17-7-5-6-8-18(17)27-4/h5-12H,1-4H3,(H,21,24). The molecule has 3 rings (SSSR count). The van der Waals surface area contributed by atoms with Crippen LogP contribution in [0, 0.1) is 13.8 Å². The van der Waals surface area contributed by atoms with E-state index in [1.54, 1.807) is 38.1 Å². The molecule has 0 fully saturated rings. The molecule has 1 heterocycles. The summed E-state index contributed by atoms with van der Waals surface area (Å²) in [6, 6.07) is 12.5. The van der Waals surface area contributed by atoms with E-state index in [2.05, 4.69) is 10.5 Å². The number of benzene rings is 2. The Balaban J connectivity index is 1.84. The van der Waals surface area contributed by atoms with Crippen molar-refractivity contribution in [3.63, 3.8) is 0 Å². The number of aryl methyl sites for hydroxylation is 2. The van der Waals surface area contributed by atoms with Crippen molar-refractivity contribution in [2.45, 2.75) is 18.7 Å². The number of nitrogens with one attached hydrogen (secondary N) is 1. The number of para-hydroxylation sites is 2. The van der Waals surface area contributed by atoms with Gasteiger partial charge < -0.3 is 14.6 Å². The second-order valence-corrected chi connectivity index (χ2v) is 8.29. The van der Waals surface area contributed by atoms with Gasteiger partial charge in [0, 0.05) is 12.6 Å². The van der Waals surface area contributed by atoms with E-state index in [0.29, 0.717) is 34.1 Å². The van der Waals surface area contributed by atoms with Gasteiger partial charge >= 0.3 is 0 Å². The monoisotopic (exact) mass is 415 g/mol. The Hall–Kier alpha value is -3.33. The maximum absolute atomic E-state index is 13.0. The summed E-state index contributed by atoms with van der Waals surface area (Å²) in [5.74, 6) is 0.545. The second kappa shape index (κ2) is 7.96. The summed E-state index contributed by atoms with van der Waals surface area (Å²) in [4.78, 5) is 12.5. The highest BCUT2D eigenvalue weighted by Crippen LogP contribution is 2.31. The van der Waals surface area contributed by atoms with E-state index in [1.807, 2.05) is 0 Å². The van der Waals surface area contributed by atoms with Crippen LogP contribution in [-0.4, -0.2) is 33.6 Å². The van der Waals surface area contributed by atoms with Gasteiger partial charge in [-0.05, 0) is 50.2 Å². The van der Waals surface area contributed by atoms with Crippen molar-refractivity contribution in [3.05, 3.63) is 65.5 Å². The fourth-order valence-corrected chi connectivity index (χ4v) is 4.01. The summed E-state index contributed by atoms with van der Waals surface area (Å²) in [5, 5.41) is 6.51. The van der Waals surface area contributed by atoms with Gasteiger partial charge in [0.25, 0.3) is 15.9 Å². The quantitative estimate of drug-likeness (QED) is 0.662. The van der Waals surface area contributed by atoms with Gasteiger partial charge in [0.15, 0.2) is 5.76 Å². The van der Waals surface area contributed by atoms with Gasteiger partial charge in [0.05, 0.1) is 17.7 Å². The average molecular weight is 415 g/mol. The minimum Gasteiger partial charge on any atom is -0.495 e. The Morgan fingerprint density at radius 2 is 1.76 bits per heavy atom. The van der Waals surface area contributed by atoms with Gasteiger partial charge in [-0.2, -0.15) is 0 Å².